The fourth-order valence-electron chi connectivity index (χ4n) is 25.8. The van der Waals surface area contributed by atoms with Crippen molar-refractivity contribution in [2.24, 2.45) is 0 Å². The first kappa shape index (κ1) is 28.5. The van der Waals surface area contributed by atoms with Gasteiger partial charge < -0.3 is 9.47 Å². The number of hydrogen-bond acceptors (Lipinski definition) is 3. The molecule has 3 heteroatoms. The molecule has 0 fully saturated rings. The third kappa shape index (κ3) is 1.59. The van der Waals surface area contributed by atoms with Gasteiger partial charge in [0.05, 0.1) is 19.8 Å². The molecule has 1 aliphatic heterocycles. The molecule has 29 aromatic rings. The van der Waals surface area contributed by atoms with Crippen LogP contribution in [0.1, 0.15) is 39.3 Å². The highest BCUT2D eigenvalue weighted by molar-refractivity contribution is 6.82. The quantitative estimate of drug-likeness (QED) is 0.165. The Morgan fingerprint density at radius 1 is 0.297 bits per heavy atom. The number of fused-ring (bicyclic) bond motifs is 1. The zero-order chi connectivity index (χ0) is 44.4. The average molecular weight is 914 g/mol. The van der Waals surface area contributed by atoms with Crippen molar-refractivity contribution >= 4 is 291 Å². The molecule has 0 amide bonds. The molecule has 0 spiro atoms. The van der Waals surface area contributed by atoms with Crippen LogP contribution in [0.25, 0.3) is 291 Å². The molecule has 0 radical (unpaired) electrons. The minimum Gasteiger partial charge on any atom is -0.493 e. The van der Waals surface area contributed by atoms with Crippen LogP contribution in [0.4, 0.5) is 0 Å². The van der Waals surface area contributed by atoms with Crippen LogP contribution in [0.5, 0.6) is 11.5 Å². The van der Waals surface area contributed by atoms with E-state index in [2.05, 4.69) is 17.0 Å². The molecule has 0 N–H and O–H groups in total. The van der Waals surface area contributed by atoms with Gasteiger partial charge in [-0.2, -0.15) is 0 Å². The Hall–Kier alpha value is -8.76. The zero-order valence-corrected chi connectivity index (χ0v) is 38.6. The first-order valence-corrected chi connectivity index (χ1v) is 27.6. The summed E-state index contributed by atoms with van der Waals surface area (Å²) in [5, 5.41) is 89.6. The van der Waals surface area contributed by atoms with Gasteiger partial charge in [-0.3, -0.25) is 4.90 Å². The van der Waals surface area contributed by atoms with Crippen molar-refractivity contribution in [2.45, 2.75) is 24.4 Å². The number of ether oxygens (including phenoxy) is 2. The van der Waals surface area contributed by atoms with E-state index in [-0.39, 0.29) is 11.5 Å². The van der Waals surface area contributed by atoms with Gasteiger partial charge in [-0.05, 0) is 343 Å². The molecule has 74 heavy (non-hydrogen) atoms. The molecule has 5 aliphatic rings. The highest BCUT2D eigenvalue weighted by Gasteiger charge is 2.65. The molecular formula is C71H15NO2. The monoisotopic (exact) mass is 913 g/mol. The molecule has 4 aliphatic carbocycles. The summed E-state index contributed by atoms with van der Waals surface area (Å²) < 4.78 is 12.2. The van der Waals surface area contributed by atoms with Gasteiger partial charge in [0.2, 0.25) is 0 Å². The topological polar surface area (TPSA) is 21.7 Å². The molecular weight excluding hydrogens is 899 g/mol. The second kappa shape index (κ2) is 6.67. The smallest absolute Gasteiger partial charge is 0.161 e. The van der Waals surface area contributed by atoms with Crippen LogP contribution in [0.2, 0.25) is 0 Å². The predicted molar refractivity (Wildman–Crippen MR) is 309 cm³/mol. The van der Waals surface area contributed by atoms with Gasteiger partial charge in [-0.25, -0.2) is 0 Å². The highest BCUT2D eigenvalue weighted by atomic mass is 16.5. The van der Waals surface area contributed by atoms with Gasteiger partial charge in [-0.15, -0.1) is 0 Å². The van der Waals surface area contributed by atoms with E-state index < -0.39 is 0 Å². The molecule has 0 saturated heterocycles. The second-order valence-corrected chi connectivity index (χ2v) is 26.7. The summed E-state index contributed by atoms with van der Waals surface area (Å²) in [5.74, 6) is 1.91. The van der Waals surface area contributed by atoms with Gasteiger partial charge in [0, 0.05) is 19.0 Å². The van der Waals surface area contributed by atoms with Crippen LogP contribution < -0.4 is 9.47 Å². The van der Waals surface area contributed by atoms with Crippen molar-refractivity contribution in [2.75, 3.05) is 20.8 Å². The van der Waals surface area contributed by atoms with Gasteiger partial charge in [-0.1, -0.05) is 0 Å². The number of rotatable bonds is 3. The molecule has 3 nitrogen and oxygen atoms in total. The van der Waals surface area contributed by atoms with Crippen LogP contribution in [0, 0.1) is 0 Å². The number of methoxy groups -OCH3 is 2. The Morgan fingerprint density at radius 2 is 0.514 bits per heavy atom. The molecule has 1 heterocycles. The van der Waals surface area contributed by atoms with Gasteiger partial charge >= 0.3 is 0 Å². The minimum atomic E-state index is -0.379. The Bertz CT molecular complexity index is 7340. The molecule has 0 bridgehead atoms. The lowest BCUT2D eigenvalue weighted by atomic mass is 9.61. The van der Waals surface area contributed by atoms with E-state index >= 15 is 0 Å². The Kier molecular flexibility index (Phi) is 2.57. The summed E-state index contributed by atoms with van der Waals surface area (Å²) in [7, 11) is 3.63. The SMILES string of the molecule is COc1cc2c(cc1OC)CN(C13c4c5c6c7c8c9c(c%10c%11c1c1c4c4c%12c5c5c6c6c8c8c%13c9c9c%10c%10c%11c%11c1c1c4c4c%12c%12c5c5c6c8c6c8c%13c9c9c%10c%10c%11c1c1c4c4c%12c5c6c5c8c9c%10c1c45)C73)CC2. The molecule has 29 aromatic carbocycles. The Balaban J connectivity index is 1.07. The summed E-state index contributed by atoms with van der Waals surface area (Å²) in [5.41, 5.74) is 9.37. The Morgan fingerprint density at radius 3 is 0.784 bits per heavy atom. The first-order chi connectivity index (χ1) is 36.8. The van der Waals surface area contributed by atoms with Crippen LogP contribution in [0.15, 0.2) is 12.1 Å². The molecule has 0 saturated carbocycles. The lowest BCUT2D eigenvalue weighted by Crippen LogP contribution is -2.53. The predicted octanol–water partition coefficient (Wildman–Crippen LogP) is 18.2. The van der Waals surface area contributed by atoms with E-state index in [0.717, 1.165) is 31.0 Å². The molecule has 0 aromatic heterocycles. The number of benzene rings is 19. The summed E-state index contributed by atoms with van der Waals surface area (Å²) in [6.45, 7) is 1.90. The van der Waals surface area contributed by atoms with E-state index in [1.54, 1.807) is 320 Å². The third-order valence-corrected chi connectivity index (χ3v) is 26.3. The van der Waals surface area contributed by atoms with E-state index in [0.29, 0.717) is 0 Å². The van der Waals surface area contributed by atoms with Crippen molar-refractivity contribution in [3.8, 4) is 11.5 Å². The van der Waals surface area contributed by atoms with E-state index in [1.807, 2.05) is 7.11 Å². The lowest BCUT2D eigenvalue weighted by Gasteiger charge is -2.53. The maximum atomic E-state index is 6.18. The van der Waals surface area contributed by atoms with E-state index in [9.17, 15) is 0 Å². The first-order valence-electron chi connectivity index (χ1n) is 27.6. The summed E-state index contributed by atoms with van der Waals surface area (Å²) in [6, 6.07) is 4.68. The maximum absolute atomic E-state index is 6.18. The molecule has 0 unspecified atom stereocenters. The minimum absolute atomic E-state index is 0.204. The normalized spacial score (nSPS) is 21.4. The highest BCUT2D eigenvalue weighted by Crippen LogP contribution is 2.84. The van der Waals surface area contributed by atoms with Crippen LogP contribution in [0.3, 0.4) is 0 Å². The fourth-order valence-corrected chi connectivity index (χ4v) is 25.8. The van der Waals surface area contributed by atoms with Crippen molar-refractivity contribution in [3.05, 3.63) is 45.5 Å². The Labute approximate surface area is 405 Å². The fraction of sp³-hybridized carbons (Fsp3) is 0.0986. The van der Waals surface area contributed by atoms with Crippen LogP contribution in [-0.2, 0) is 18.5 Å². The standard InChI is InChI=1S/C71H15NO2/c1-73-10-5-8-3-4-72(7-9(8)6-11(10)74-2)71-68-64-58-44-36-28-16-13-12-14-17(16)29-31-27-21(14)23-19-15(12)18-22-20(13)26-30(28)42(44)50-48-34(26)32(22)40-38-24(18)25(19)39-41-33(23)35(27)49-51-43(31)45(37(29)36)59(58)65(68)61(51)63-55(49)53(41)57-47(39)46(38)56-52(40)54(48)62(60(50)64)69(71)66(56)67(57)70(63)71/h5-6,68H,3-4,7H2,1-2H3. The van der Waals surface area contributed by atoms with E-state index in [4.69, 9.17) is 9.47 Å². The third-order valence-electron chi connectivity index (χ3n) is 26.3. The van der Waals surface area contributed by atoms with Gasteiger partial charge in [0.1, 0.15) is 0 Å². The zero-order valence-electron chi connectivity index (χ0n) is 38.6. The van der Waals surface area contributed by atoms with Crippen molar-refractivity contribution < 1.29 is 9.47 Å². The largest absolute Gasteiger partial charge is 0.493 e. The lowest BCUT2D eigenvalue weighted by molar-refractivity contribution is 0.0964. The maximum Gasteiger partial charge on any atom is 0.161 e. The van der Waals surface area contributed by atoms with Crippen LogP contribution >= 0.6 is 0 Å². The number of hydrogen-bond donors (Lipinski definition) is 0. The second-order valence-electron chi connectivity index (χ2n) is 26.7. The number of nitrogens with zero attached hydrogens (tertiary/aromatic N) is 1. The molecule has 34 rings (SSSR count). The van der Waals surface area contributed by atoms with E-state index in [1.165, 1.54) is 11.1 Å². The molecule has 0 atom stereocenters. The van der Waals surface area contributed by atoms with Crippen LogP contribution in [-0.4, -0.2) is 25.7 Å². The molecule has 316 valence electrons. The van der Waals surface area contributed by atoms with Crippen molar-refractivity contribution in [1.82, 2.24) is 4.90 Å². The van der Waals surface area contributed by atoms with Gasteiger partial charge in [0.25, 0.3) is 0 Å². The van der Waals surface area contributed by atoms with Gasteiger partial charge in [0.15, 0.2) is 11.5 Å². The van der Waals surface area contributed by atoms with Crippen molar-refractivity contribution in [3.63, 3.8) is 0 Å². The van der Waals surface area contributed by atoms with Crippen molar-refractivity contribution in [1.29, 1.82) is 0 Å². The average Bonchev–Trinajstić information content (AvgIpc) is 3.30. The summed E-state index contributed by atoms with van der Waals surface area (Å²) in [6.07, 6.45) is 0.996. The summed E-state index contributed by atoms with van der Waals surface area (Å²) >= 11 is 0. The summed E-state index contributed by atoms with van der Waals surface area (Å²) in [4.78, 5) is 3.14.